The first-order valence-electron chi connectivity index (χ1n) is 9.12. The van der Waals surface area contributed by atoms with Gasteiger partial charge in [-0.15, -0.1) is 11.3 Å². The topological polar surface area (TPSA) is 64.0 Å². The van der Waals surface area contributed by atoms with Gasteiger partial charge in [-0.1, -0.05) is 44.2 Å². The third-order valence-corrected chi connectivity index (χ3v) is 6.09. The van der Waals surface area contributed by atoms with Gasteiger partial charge >= 0.3 is 0 Å². The third kappa shape index (κ3) is 4.78. The molecule has 0 unspecified atom stereocenters. The molecule has 142 valence electrons. The summed E-state index contributed by atoms with van der Waals surface area (Å²) >= 11 is 2.73. The van der Waals surface area contributed by atoms with E-state index in [2.05, 4.69) is 24.1 Å². The molecule has 0 saturated carbocycles. The van der Waals surface area contributed by atoms with E-state index >= 15 is 0 Å². The summed E-state index contributed by atoms with van der Waals surface area (Å²) in [6.45, 7) is 4.80. The number of thioether (sulfide) groups is 1. The number of unbranched alkanes of at least 4 members (excludes halogenated alkanes) is 1. The predicted octanol–water partition coefficient (Wildman–Crippen LogP) is 4.55. The molecule has 0 aliphatic carbocycles. The summed E-state index contributed by atoms with van der Waals surface area (Å²) in [6.07, 6.45) is 2.82. The van der Waals surface area contributed by atoms with Crippen LogP contribution in [-0.2, 0) is 17.8 Å². The smallest absolute Gasteiger partial charge is 0.272 e. The summed E-state index contributed by atoms with van der Waals surface area (Å²) in [5.41, 5.74) is 2.67. The molecule has 0 atom stereocenters. The summed E-state index contributed by atoms with van der Waals surface area (Å²) in [6, 6.07) is 9.70. The molecule has 1 N–H and O–H groups in total. The standard InChI is InChI=1S/C20H23N3O2S2/c1-3-5-10-23-19(25)18-16(9-11-26-18)22-20(23)27-13-17(24)21-15-8-6-7-14(4-2)12-15/h6-9,11-12H,3-5,10,13H2,1-2H3,(H,21,24). The molecule has 3 rings (SSSR count). The first-order chi connectivity index (χ1) is 13.1. The number of anilines is 1. The highest BCUT2D eigenvalue weighted by Crippen LogP contribution is 2.22. The Morgan fingerprint density at radius 2 is 2.15 bits per heavy atom. The summed E-state index contributed by atoms with van der Waals surface area (Å²) in [7, 11) is 0. The molecule has 1 amide bonds. The Kier molecular flexibility index (Phi) is 6.68. The fourth-order valence-electron chi connectivity index (χ4n) is 2.74. The van der Waals surface area contributed by atoms with Gasteiger partial charge in [0, 0.05) is 12.2 Å². The number of amides is 1. The minimum absolute atomic E-state index is 0.0120. The van der Waals surface area contributed by atoms with Crippen LogP contribution < -0.4 is 10.9 Å². The minimum atomic E-state index is -0.102. The molecule has 0 aliphatic heterocycles. The van der Waals surface area contributed by atoms with Crippen molar-refractivity contribution in [2.24, 2.45) is 0 Å². The molecule has 0 radical (unpaired) electrons. The lowest BCUT2D eigenvalue weighted by Crippen LogP contribution is -2.23. The molecule has 0 bridgehead atoms. The van der Waals surface area contributed by atoms with Crippen molar-refractivity contribution in [2.75, 3.05) is 11.1 Å². The number of carbonyl (C=O) groups excluding carboxylic acids is 1. The number of benzene rings is 1. The van der Waals surface area contributed by atoms with Crippen molar-refractivity contribution in [3.05, 3.63) is 51.6 Å². The zero-order valence-electron chi connectivity index (χ0n) is 15.5. The molecule has 3 aromatic rings. The van der Waals surface area contributed by atoms with Crippen LogP contribution in [0.4, 0.5) is 5.69 Å². The third-order valence-electron chi connectivity index (χ3n) is 4.22. The van der Waals surface area contributed by atoms with Crippen LogP contribution in [0, 0.1) is 0 Å². The van der Waals surface area contributed by atoms with Crippen molar-refractivity contribution in [1.29, 1.82) is 0 Å². The van der Waals surface area contributed by atoms with Gasteiger partial charge in [-0.2, -0.15) is 0 Å². The van der Waals surface area contributed by atoms with E-state index in [9.17, 15) is 9.59 Å². The highest BCUT2D eigenvalue weighted by Gasteiger charge is 2.14. The van der Waals surface area contributed by atoms with E-state index in [1.54, 1.807) is 4.57 Å². The molecule has 7 heteroatoms. The van der Waals surface area contributed by atoms with Crippen LogP contribution in [0.1, 0.15) is 32.3 Å². The quantitative estimate of drug-likeness (QED) is 0.444. The second-order valence-corrected chi connectivity index (χ2v) is 8.09. The summed E-state index contributed by atoms with van der Waals surface area (Å²) in [5, 5.41) is 5.41. The largest absolute Gasteiger partial charge is 0.325 e. The van der Waals surface area contributed by atoms with Crippen LogP contribution in [0.5, 0.6) is 0 Å². The Morgan fingerprint density at radius 3 is 2.93 bits per heavy atom. The van der Waals surface area contributed by atoms with Crippen molar-refractivity contribution >= 4 is 44.9 Å². The number of carbonyl (C=O) groups is 1. The molecular formula is C20H23N3O2S2. The number of nitrogens with zero attached hydrogens (tertiary/aromatic N) is 2. The molecule has 5 nitrogen and oxygen atoms in total. The van der Waals surface area contributed by atoms with Crippen molar-refractivity contribution < 1.29 is 4.79 Å². The second kappa shape index (κ2) is 9.19. The van der Waals surface area contributed by atoms with Crippen LogP contribution in [0.25, 0.3) is 10.2 Å². The second-order valence-electron chi connectivity index (χ2n) is 6.23. The average Bonchev–Trinajstić information content (AvgIpc) is 3.15. The molecule has 2 aromatic heterocycles. The lowest BCUT2D eigenvalue weighted by Gasteiger charge is -2.12. The van der Waals surface area contributed by atoms with Gasteiger partial charge < -0.3 is 5.32 Å². The van der Waals surface area contributed by atoms with E-state index < -0.39 is 0 Å². The number of aryl methyl sites for hydroxylation is 1. The maximum atomic E-state index is 12.7. The number of aromatic nitrogens is 2. The SMILES string of the molecule is CCCCn1c(SCC(=O)Nc2cccc(CC)c2)nc2ccsc2c1=O. The van der Waals surface area contributed by atoms with Gasteiger partial charge in [0.2, 0.25) is 5.91 Å². The van der Waals surface area contributed by atoms with Crippen molar-refractivity contribution in [3.8, 4) is 0 Å². The first-order valence-corrected chi connectivity index (χ1v) is 11.0. The summed E-state index contributed by atoms with van der Waals surface area (Å²) in [4.78, 5) is 29.7. The van der Waals surface area contributed by atoms with Crippen molar-refractivity contribution in [2.45, 2.75) is 44.8 Å². The van der Waals surface area contributed by atoms with Crippen molar-refractivity contribution in [1.82, 2.24) is 9.55 Å². The number of thiophene rings is 1. The number of nitrogens with one attached hydrogen (secondary N) is 1. The summed E-state index contributed by atoms with van der Waals surface area (Å²) in [5.74, 6) is 0.111. The number of fused-ring (bicyclic) bond motifs is 1. The fraction of sp³-hybridized carbons (Fsp3) is 0.350. The maximum Gasteiger partial charge on any atom is 0.272 e. The van der Waals surface area contributed by atoms with E-state index in [1.165, 1.54) is 28.7 Å². The van der Waals surface area contributed by atoms with Crippen LogP contribution in [-0.4, -0.2) is 21.2 Å². The summed E-state index contributed by atoms with van der Waals surface area (Å²) < 4.78 is 2.38. The van der Waals surface area contributed by atoms with Crippen LogP contribution in [0.2, 0.25) is 0 Å². The Hall–Kier alpha value is -2.12. The van der Waals surface area contributed by atoms with E-state index in [4.69, 9.17) is 0 Å². The normalized spacial score (nSPS) is 11.0. The first kappa shape index (κ1) is 19.6. The molecular weight excluding hydrogens is 378 g/mol. The lowest BCUT2D eigenvalue weighted by molar-refractivity contribution is -0.113. The number of rotatable bonds is 8. The zero-order chi connectivity index (χ0) is 19.2. The molecule has 1 aromatic carbocycles. The predicted molar refractivity (Wildman–Crippen MR) is 114 cm³/mol. The van der Waals surface area contributed by atoms with Gasteiger partial charge in [0.15, 0.2) is 5.16 Å². The monoisotopic (exact) mass is 401 g/mol. The van der Waals surface area contributed by atoms with E-state index in [-0.39, 0.29) is 17.2 Å². The molecule has 27 heavy (non-hydrogen) atoms. The fourth-order valence-corrected chi connectivity index (χ4v) is 4.35. The zero-order valence-corrected chi connectivity index (χ0v) is 17.2. The highest BCUT2D eigenvalue weighted by molar-refractivity contribution is 7.99. The molecule has 0 saturated heterocycles. The molecule has 0 fully saturated rings. The Balaban J connectivity index is 1.75. The lowest BCUT2D eigenvalue weighted by atomic mass is 10.1. The Morgan fingerprint density at radius 1 is 1.30 bits per heavy atom. The molecule has 0 spiro atoms. The van der Waals surface area contributed by atoms with Gasteiger partial charge in [-0.25, -0.2) is 4.98 Å². The van der Waals surface area contributed by atoms with Gasteiger partial charge in [-0.3, -0.25) is 14.2 Å². The van der Waals surface area contributed by atoms with E-state index in [0.29, 0.717) is 21.9 Å². The van der Waals surface area contributed by atoms with Crippen LogP contribution in [0.15, 0.2) is 45.7 Å². The average molecular weight is 402 g/mol. The van der Waals surface area contributed by atoms with Crippen molar-refractivity contribution in [3.63, 3.8) is 0 Å². The minimum Gasteiger partial charge on any atom is -0.325 e. The van der Waals surface area contributed by atoms with Crippen LogP contribution in [0.3, 0.4) is 0 Å². The molecule has 0 aliphatic rings. The van der Waals surface area contributed by atoms with Gasteiger partial charge in [-0.05, 0) is 42.0 Å². The number of hydrogen-bond acceptors (Lipinski definition) is 5. The number of hydrogen-bond donors (Lipinski definition) is 1. The van der Waals surface area contributed by atoms with Gasteiger partial charge in [0.05, 0.1) is 11.3 Å². The molecule has 2 heterocycles. The Labute approximate surface area is 166 Å². The van der Waals surface area contributed by atoms with E-state index in [0.717, 1.165) is 24.9 Å². The Bertz CT molecular complexity index is 994. The van der Waals surface area contributed by atoms with Gasteiger partial charge in [0.25, 0.3) is 5.56 Å². The van der Waals surface area contributed by atoms with Gasteiger partial charge in [0.1, 0.15) is 4.70 Å². The maximum absolute atomic E-state index is 12.7. The highest BCUT2D eigenvalue weighted by atomic mass is 32.2. The van der Waals surface area contributed by atoms with E-state index in [1.807, 2.05) is 35.7 Å². The van der Waals surface area contributed by atoms with Crippen LogP contribution >= 0.6 is 23.1 Å².